The lowest BCUT2D eigenvalue weighted by atomic mass is 9.93. The highest BCUT2D eigenvalue weighted by atomic mass is 16.5. The summed E-state index contributed by atoms with van der Waals surface area (Å²) in [5, 5.41) is 12.5. The average molecular weight is 293 g/mol. The predicted molar refractivity (Wildman–Crippen MR) is 84.2 cm³/mol. The lowest BCUT2D eigenvalue weighted by Gasteiger charge is -2.21. The van der Waals surface area contributed by atoms with Crippen LogP contribution in [0.2, 0.25) is 0 Å². The highest BCUT2D eigenvalue weighted by Gasteiger charge is 2.17. The molecular formula is C17H27NO3. The Morgan fingerprint density at radius 3 is 2.43 bits per heavy atom. The van der Waals surface area contributed by atoms with Gasteiger partial charge in [-0.1, -0.05) is 30.3 Å². The average Bonchev–Trinajstić information content (AvgIpc) is 2.41. The summed E-state index contributed by atoms with van der Waals surface area (Å²) >= 11 is 0. The highest BCUT2D eigenvalue weighted by Crippen LogP contribution is 2.20. The summed E-state index contributed by atoms with van der Waals surface area (Å²) < 4.78 is 5.45. The van der Waals surface area contributed by atoms with E-state index in [1.165, 1.54) is 0 Å². The largest absolute Gasteiger partial charge is 0.393 e. The van der Waals surface area contributed by atoms with Crippen molar-refractivity contribution in [3.63, 3.8) is 0 Å². The fourth-order valence-electron chi connectivity index (χ4n) is 2.04. The van der Waals surface area contributed by atoms with Gasteiger partial charge in [-0.2, -0.15) is 0 Å². The first-order valence-corrected chi connectivity index (χ1v) is 7.41. The standard InChI is InChI=1S/C17H27NO3/c1-13(19)10-15(14-8-6-5-7-9-14)11-18-16(20)12-21-17(2,3)4/h5-9,13,15,19H,10-12H2,1-4H3,(H,18,20). The Morgan fingerprint density at radius 1 is 1.29 bits per heavy atom. The Balaban J connectivity index is 2.52. The number of hydrogen-bond acceptors (Lipinski definition) is 3. The molecule has 0 bridgehead atoms. The third-order valence-corrected chi connectivity index (χ3v) is 3.08. The van der Waals surface area contributed by atoms with Crippen molar-refractivity contribution >= 4 is 5.91 Å². The molecule has 2 unspecified atom stereocenters. The summed E-state index contributed by atoms with van der Waals surface area (Å²) in [5.41, 5.74) is 0.797. The zero-order chi connectivity index (χ0) is 15.9. The molecule has 0 aliphatic rings. The Labute approximate surface area is 127 Å². The molecule has 1 amide bonds. The molecule has 2 atom stereocenters. The number of carbonyl (C=O) groups excluding carboxylic acids is 1. The van der Waals surface area contributed by atoms with E-state index in [9.17, 15) is 9.90 Å². The number of aliphatic hydroxyl groups excluding tert-OH is 1. The van der Waals surface area contributed by atoms with Crippen molar-refractivity contribution in [1.82, 2.24) is 5.32 Å². The van der Waals surface area contributed by atoms with Gasteiger partial charge in [-0.15, -0.1) is 0 Å². The van der Waals surface area contributed by atoms with Crippen LogP contribution in [0.4, 0.5) is 0 Å². The van der Waals surface area contributed by atoms with Crippen molar-refractivity contribution in [2.75, 3.05) is 13.2 Å². The fourth-order valence-corrected chi connectivity index (χ4v) is 2.04. The van der Waals surface area contributed by atoms with Gasteiger partial charge in [-0.3, -0.25) is 4.79 Å². The first kappa shape index (κ1) is 17.7. The van der Waals surface area contributed by atoms with Gasteiger partial charge in [0.1, 0.15) is 6.61 Å². The van der Waals surface area contributed by atoms with Gasteiger partial charge >= 0.3 is 0 Å². The van der Waals surface area contributed by atoms with E-state index in [0.717, 1.165) is 5.56 Å². The topological polar surface area (TPSA) is 58.6 Å². The molecule has 0 aromatic heterocycles. The normalized spacial score (nSPS) is 14.5. The molecule has 0 spiro atoms. The minimum Gasteiger partial charge on any atom is -0.393 e. The van der Waals surface area contributed by atoms with Gasteiger partial charge in [0.2, 0.25) is 5.91 Å². The number of carbonyl (C=O) groups is 1. The first-order chi connectivity index (χ1) is 9.78. The maximum Gasteiger partial charge on any atom is 0.246 e. The van der Waals surface area contributed by atoms with E-state index in [4.69, 9.17) is 4.74 Å². The highest BCUT2D eigenvalue weighted by molar-refractivity contribution is 5.77. The second kappa shape index (κ2) is 8.15. The summed E-state index contributed by atoms with van der Waals surface area (Å²) in [5.74, 6) is -0.0266. The Kier molecular flexibility index (Phi) is 6.85. The molecule has 1 aromatic carbocycles. The van der Waals surface area contributed by atoms with Crippen molar-refractivity contribution in [3.05, 3.63) is 35.9 Å². The maximum absolute atomic E-state index is 11.8. The van der Waals surface area contributed by atoms with Crippen molar-refractivity contribution in [1.29, 1.82) is 0 Å². The number of rotatable bonds is 7. The number of benzene rings is 1. The molecule has 0 fully saturated rings. The summed E-state index contributed by atoms with van der Waals surface area (Å²) in [6, 6.07) is 9.93. The molecule has 0 aliphatic heterocycles. The number of nitrogens with one attached hydrogen (secondary N) is 1. The Bertz CT molecular complexity index is 423. The number of hydrogen-bond donors (Lipinski definition) is 2. The second-order valence-corrected chi connectivity index (χ2v) is 6.40. The summed E-state index contributed by atoms with van der Waals surface area (Å²) in [6.07, 6.45) is 0.211. The van der Waals surface area contributed by atoms with Crippen LogP contribution in [0.15, 0.2) is 30.3 Å². The zero-order valence-electron chi connectivity index (χ0n) is 13.4. The molecular weight excluding hydrogens is 266 g/mol. The lowest BCUT2D eigenvalue weighted by molar-refractivity contribution is -0.130. The van der Waals surface area contributed by atoms with Crippen molar-refractivity contribution < 1.29 is 14.6 Å². The molecule has 1 aromatic rings. The third kappa shape index (κ3) is 7.83. The smallest absolute Gasteiger partial charge is 0.246 e. The molecule has 0 saturated carbocycles. The van der Waals surface area contributed by atoms with Crippen LogP contribution in [0, 0.1) is 0 Å². The van der Waals surface area contributed by atoms with Gasteiger partial charge in [0.15, 0.2) is 0 Å². The van der Waals surface area contributed by atoms with Crippen LogP contribution >= 0.6 is 0 Å². The van der Waals surface area contributed by atoms with Crippen LogP contribution in [-0.2, 0) is 9.53 Å². The molecule has 0 heterocycles. The Morgan fingerprint density at radius 2 is 1.90 bits per heavy atom. The molecule has 4 nitrogen and oxygen atoms in total. The van der Waals surface area contributed by atoms with Crippen LogP contribution in [0.25, 0.3) is 0 Å². The summed E-state index contributed by atoms with van der Waals surface area (Å²) in [7, 11) is 0. The fraction of sp³-hybridized carbons (Fsp3) is 0.588. The van der Waals surface area contributed by atoms with Gasteiger partial charge in [-0.25, -0.2) is 0 Å². The summed E-state index contributed by atoms with van der Waals surface area (Å²) in [4.78, 5) is 11.8. The third-order valence-electron chi connectivity index (χ3n) is 3.08. The molecule has 0 radical (unpaired) electrons. The van der Waals surface area contributed by atoms with E-state index in [1.807, 2.05) is 51.1 Å². The number of aliphatic hydroxyl groups is 1. The molecule has 0 aliphatic carbocycles. The predicted octanol–water partition coefficient (Wildman–Crippen LogP) is 2.47. The van der Waals surface area contributed by atoms with Gasteiger partial charge in [0.05, 0.1) is 11.7 Å². The van der Waals surface area contributed by atoms with Gasteiger partial charge < -0.3 is 15.2 Å². The van der Waals surface area contributed by atoms with Crippen LogP contribution in [0.5, 0.6) is 0 Å². The van der Waals surface area contributed by atoms with E-state index in [-0.39, 0.29) is 24.0 Å². The van der Waals surface area contributed by atoms with Crippen molar-refractivity contribution in [3.8, 4) is 0 Å². The molecule has 1 rings (SSSR count). The number of ether oxygens (including phenoxy) is 1. The monoisotopic (exact) mass is 293 g/mol. The minimum atomic E-state index is -0.405. The van der Waals surface area contributed by atoms with Crippen LogP contribution in [-0.4, -0.2) is 35.9 Å². The van der Waals surface area contributed by atoms with Crippen molar-refractivity contribution in [2.24, 2.45) is 0 Å². The second-order valence-electron chi connectivity index (χ2n) is 6.40. The first-order valence-electron chi connectivity index (χ1n) is 7.41. The van der Waals surface area contributed by atoms with Crippen LogP contribution < -0.4 is 5.32 Å². The van der Waals surface area contributed by atoms with Crippen molar-refractivity contribution in [2.45, 2.75) is 51.7 Å². The lowest BCUT2D eigenvalue weighted by Crippen LogP contribution is -2.35. The van der Waals surface area contributed by atoms with E-state index in [1.54, 1.807) is 6.92 Å². The van der Waals surface area contributed by atoms with E-state index in [2.05, 4.69) is 5.32 Å². The molecule has 4 heteroatoms. The van der Waals surface area contributed by atoms with Crippen LogP contribution in [0.1, 0.15) is 45.6 Å². The minimum absolute atomic E-state index is 0.0552. The SMILES string of the molecule is CC(O)CC(CNC(=O)COC(C)(C)C)c1ccccc1. The molecule has 118 valence electrons. The van der Waals surface area contributed by atoms with Gasteiger partial charge in [-0.05, 0) is 39.7 Å². The van der Waals surface area contributed by atoms with Gasteiger partial charge in [0, 0.05) is 12.5 Å². The number of amides is 1. The van der Waals surface area contributed by atoms with E-state index < -0.39 is 6.10 Å². The van der Waals surface area contributed by atoms with Gasteiger partial charge in [0.25, 0.3) is 0 Å². The van der Waals surface area contributed by atoms with E-state index in [0.29, 0.717) is 13.0 Å². The maximum atomic E-state index is 11.8. The summed E-state index contributed by atoms with van der Waals surface area (Å²) in [6.45, 7) is 8.07. The van der Waals surface area contributed by atoms with Crippen LogP contribution in [0.3, 0.4) is 0 Å². The quantitative estimate of drug-likeness (QED) is 0.812. The molecule has 0 saturated heterocycles. The zero-order valence-corrected chi connectivity index (χ0v) is 13.4. The molecule has 2 N–H and O–H groups in total. The Hall–Kier alpha value is -1.39. The van der Waals surface area contributed by atoms with E-state index >= 15 is 0 Å². The molecule has 21 heavy (non-hydrogen) atoms.